The Kier molecular flexibility index (Phi) is 4.09. The minimum Gasteiger partial charge on any atom is -0.508 e. The predicted molar refractivity (Wildman–Crippen MR) is 70.4 cm³/mol. The average molecular weight is 248 g/mol. The molecule has 0 saturated carbocycles. The van der Waals surface area contributed by atoms with E-state index in [1.165, 1.54) is 5.56 Å². The number of imidazole rings is 1. The number of rotatable bonds is 5. The van der Waals surface area contributed by atoms with Crippen molar-refractivity contribution < 1.29 is 5.11 Å². The SMILES string of the molecule is CSc1nccn1CCCc1ccc(O)cc1. The van der Waals surface area contributed by atoms with Gasteiger partial charge in [-0.1, -0.05) is 23.9 Å². The highest BCUT2D eigenvalue weighted by Crippen LogP contribution is 2.14. The van der Waals surface area contributed by atoms with Crippen molar-refractivity contribution in [2.45, 2.75) is 24.5 Å². The van der Waals surface area contributed by atoms with Crippen LogP contribution in [0.15, 0.2) is 41.8 Å². The van der Waals surface area contributed by atoms with E-state index >= 15 is 0 Å². The van der Waals surface area contributed by atoms with Gasteiger partial charge in [0.1, 0.15) is 5.75 Å². The molecule has 0 fully saturated rings. The smallest absolute Gasteiger partial charge is 0.167 e. The molecule has 0 spiro atoms. The zero-order valence-corrected chi connectivity index (χ0v) is 10.7. The molecule has 17 heavy (non-hydrogen) atoms. The molecule has 0 aliphatic heterocycles. The standard InChI is InChI=1S/C13H16N2OS/c1-17-13-14-8-10-15(13)9-2-3-11-4-6-12(16)7-5-11/h4-8,10,16H,2-3,9H2,1H3. The van der Waals surface area contributed by atoms with Crippen LogP contribution in [-0.2, 0) is 13.0 Å². The van der Waals surface area contributed by atoms with Crippen LogP contribution < -0.4 is 0 Å². The first kappa shape index (κ1) is 12.0. The Bertz CT molecular complexity index is 465. The number of benzene rings is 1. The summed E-state index contributed by atoms with van der Waals surface area (Å²) in [5.41, 5.74) is 1.26. The van der Waals surface area contributed by atoms with Crippen LogP contribution in [0, 0.1) is 0 Å². The second-order valence-electron chi connectivity index (χ2n) is 3.88. The quantitative estimate of drug-likeness (QED) is 0.827. The van der Waals surface area contributed by atoms with Crippen LogP contribution >= 0.6 is 11.8 Å². The highest BCUT2D eigenvalue weighted by Gasteiger charge is 2.00. The first-order valence-electron chi connectivity index (χ1n) is 5.62. The van der Waals surface area contributed by atoms with Crippen LogP contribution in [0.2, 0.25) is 0 Å². The maximum Gasteiger partial charge on any atom is 0.167 e. The van der Waals surface area contributed by atoms with Crippen LogP contribution in [0.4, 0.5) is 0 Å². The molecule has 0 radical (unpaired) electrons. The van der Waals surface area contributed by atoms with Gasteiger partial charge in [0.2, 0.25) is 0 Å². The molecule has 1 aromatic carbocycles. The van der Waals surface area contributed by atoms with Crippen molar-refractivity contribution in [3.63, 3.8) is 0 Å². The van der Waals surface area contributed by atoms with E-state index in [2.05, 4.69) is 9.55 Å². The molecule has 0 unspecified atom stereocenters. The molecular weight excluding hydrogens is 232 g/mol. The fraction of sp³-hybridized carbons (Fsp3) is 0.308. The molecule has 1 aromatic heterocycles. The Morgan fingerprint density at radius 3 is 2.76 bits per heavy atom. The molecule has 2 rings (SSSR count). The summed E-state index contributed by atoms with van der Waals surface area (Å²) in [6, 6.07) is 7.41. The second kappa shape index (κ2) is 5.77. The van der Waals surface area contributed by atoms with E-state index in [0.717, 1.165) is 24.5 Å². The van der Waals surface area contributed by atoms with E-state index in [9.17, 15) is 5.11 Å². The molecular formula is C13H16N2OS. The first-order valence-corrected chi connectivity index (χ1v) is 6.85. The van der Waals surface area contributed by atoms with Gasteiger partial charge >= 0.3 is 0 Å². The van der Waals surface area contributed by atoms with Crippen LogP contribution in [0.5, 0.6) is 5.75 Å². The van der Waals surface area contributed by atoms with Crippen LogP contribution in [0.25, 0.3) is 0 Å². The Morgan fingerprint density at radius 2 is 2.06 bits per heavy atom. The molecule has 3 nitrogen and oxygen atoms in total. The number of phenols is 1. The Morgan fingerprint density at radius 1 is 1.29 bits per heavy atom. The summed E-state index contributed by atoms with van der Waals surface area (Å²) in [6.07, 6.45) is 7.99. The summed E-state index contributed by atoms with van der Waals surface area (Å²) in [4.78, 5) is 4.26. The molecule has 4 heteroatoms. The van der Waals surface area contributed by atoms with Crippen LogP contribution in [0.1, 0.15) is 12.0 Å². The number of aromatic hydroxyl groups is 1. The van der Waals surface area contributed by atoms with Gasteiger partial charge in [-0.2, -0.15) is 0 Å². The lowest BCUT2D eigenvalue weighted by molar-refractivity contribution is 0.475. The van der Waals surface area contributed by atoms with Gasteiger partial charge in [0, 0.05) is 18.9 Å². The topological polar surface area (TPSA) is 38.0 Å². The lowest BCUT2D eigenvalue weighted by Crippen LogP contribution is -1.99. The van der Waals surface area contributed by atoms with Crippen molar-refractivity contribution >= 4 is 11.8 Å². The molecule has 0 saturated heterocycles. The summed E-state index contributed by atoms with van der Waals surface area (Å²) in [6.45, 7) is 0.983. The summed E-state index contributed by atoms with van der Waals surface area (Å²) < 4.78 is 2.17. The van der Waals surface area contributed by atoms with E-state index in [1.54, 1.807) is 23.9 Å². The number of nitrogens with zero attached hydrogens (tertiary/aromatic N) is 2. The maximum absolute atomic E-state index is 9.19. The second-order valence-corrected chi connectivity index (χ2v) is 4.65. The third-order valence-electron chi connectivity index (χ3n) is 2.66. The van der Waals surface area contributed by atoms with Crippen molar-refractivity contribution in [1.82, 2.24) is 9.55 Å². The summed E-state index contributed by atoms with van der Waals surface area (Å²) >= 11 is 1.67. The number of aryl methyl sites for hydroxylation is 2. The number of phenolic OH excluding ortho intramolecular Hbond substituents is 1. The van der Waals surface area contributed by atoms with Crippen LogP contribution in [0.3, 0.4) is 0 Å². The molecule has 0 amide bonds. The normalized spacial score (nSPS) is 10.6. The van der Waals surface area contributed by atoms with Gasteiger partial charge in [-0.25, -0.2) is 4.98 Å². The first-order chi connectivity index (χ1) is 8.29. The highest BCUT2D eigenvalue weighted by molar-refractivity contribution is 7.98. The van der Waals surface area contributed by atoms with Crippen molar-refractivity contribution in [3.8, 4) is 5.75 Å². The predicted octanol–water partition coefficient (Wildman–Crippen LogP) is 2.94. The molecule has 0 atom stereocenters. The van der Waals surface area contributed by atoms with Crippen molar-refractivity contribution in [2.75, 3.05) is 6.26 Å². The van der Waals surface area contributed by atoms with Gasteiger partial charge in [-0.3, -0.25) is 0 Å². The van der Waals surface area contributed by atoms with Gasteiger partial charge in [0.25, 0.3) is 0 Å². The lowest BCUT2D eigenvalue weighted by Gasteiger charge is -2.06. The summed E-state index contributed by atoms with van der Waals surface area (Å²) in [7, 11) is 0. The molecule has 0 bridgehead atoms. The van der Waals surface area contributed by atoms with Gasteiger partial charge < -0.3 is 9.67 Å². The van der Waals surface area contributed by atoms with E-state index in [0.29, 0.717) is 5.75 Å². The number of aromatic nitrogens is 2. The zero-order valence-electron chi connectivity index (χ0n) is 9.84. The average Bonchev–Trinajstić information content (AvgIpc) is 2.79. The Balaban J connectivity index is 1.85. The lowest BCUT2D eigenvalue weighted by atomic mass is 10.1. The van der Waals surface area contributed by atoms with E-state index < -0.39 is 0 Å². The largest absolute Gasteiger partial charge is 0.508 e. The monoisotopic (exact) mass is 248 g/mol. The highest BCUT2D eigenvalue weighted by atomic mass is 32.2. The molecule has 0 aliphatic rings. The van der Waals surface area contributed by atoms with Gasteiger partial charge in [0.05, 0.1) is 0 Å². The summed E-state index contributed by atoms with van der Waals surface area (Å²) in [5, 5.41) is 10.3. The van der Waals surface area contributed by atoms with Gasteiger partial charge in [-0.15, -0.1) is 0 Å². The number of hydrogen-bond acceptors (Lipinski definition) is 3. The Hall–Kier alpha value is -1.42. The molecule has 2 aromatic rings. The van der Waals surface area contributed by atoms with Crippen LogP contribution in [-0.4, -0.2) is 20.9 Å². The van der Waals surface area contributed by atoms with Crippen molar-refractivity contribution in [2.24, 2.45) is 0 Å². The third kappa shape index (κ3) is 3.27. The Labute approximate surface area is 106 Å². The minimum absolute atomic E-state index is 0.327. The van der Waals surface area contributed by atoms with E-state index in [4.69, 9.17) is 0 Å². The molecule has 1 N–H and O–H groups in total. The fourth-order valence-electron chi connectivity index (χ4n) is 1.77. The van der Waals surface area contributed by atoms with Gasteiger partial charge in [0.15, 0.2) is 5.16 Å². The van der Waals surface area contributed by atoms with Crippen molar-refractivity contribution in [1.29, 1.82) is 0 Å². The number of hydrogen-bond donors (Lipinski definition) is 1. The van der Waals surface area contributed by atoms with E-state index in [-0.39, 0.29) is 0 Å². The molecule has 1 heterocycles. The number of thioether (sulfide) groups is 1. The third-order valence-corrected chi connectivity index (χ3v) is 3.37. The maximum atomic E-state index is 9.19. The summed E-state index contributed by atoms with van der Waals surface area (Å²) in [5.74, 6) is 0.327. The molecule has 0 aliphatic carbocycles. The van der Waals surface area contributed by atoms with Gasteiger partial charge in [-0.05, 0) is 36.8 Å². The molecule has 90 valence electrons. The van der Waals surface area contributed by atoms with E-state index in [1.807, 2.05) is 30.8 Å². The minimum atomic E-state index is 0.327. The van der Waals surface area contributed by atoms with Crippen molar-refractivity contribution in [3.05, 3.63) is 42.2 Å². The zero-order chi connectivity index (χ0) is 12.1. The fourth-order valence-corrected chi connectivity index (χ4v) is 2.32.